The lowest BCUT2D eigenvalue weighted by Gasteiger charge is -2.11. The van der Waals surface area contributed by atoms with Crippen LogP contribution in [0.25, 0.3) is 0 Å². The first kappa shape index (κ1) is 19.2. The molecule has 0 aliphatic rings. The molecule has 3 N–H and O–H groups in total. The number of aryl methyl sites for hydroxylation is 1. The van der Waals surface area contributed by atoms with Gasteiger partial charge in [0.1, 0.15) is 0 Å². The van der Waals surface area contributed by atoms with Gasteiger partial charge in [0, 0.05) is 36.8 Å². The van der Waals surface area contributed by atoms with Crippen molar-refractivity contribution in [1.82, 2.24) is 5.32 Å². The Morgan fingerprint density at radius 1 is 0.962 bits per heavy atom. The third-order valence-corrected chi connectivity index (χ3v) is 3.99. The maximum absolute atomic E-state index is 12.5. The highest BCUT2D eigenvalue weighted by Crippen LogP contribution is 2.19. The SMILES string of the molecule is CC(=O)NCCC(=O)Nc1cccc(C(=O)Nc2cccc(C)c2C)c1. The van der Waals surface area contributed by atoms with E-state index in [2.05, 4.69) is 16.0 Å². The van der Waals surface area contributed by atoms with Crippen molar-refractivity contribution in [2.45, 2.75) is 27.2 Å². The van der Waals surface area contributed by atoms with Crippen molar-refractivity contribution in [2.75, 3.05) is 17.2 Å². The summed E-state index contributed by atoms with van der Waals surface area (Å²) < 4.78 is 0. The maximum atomic E-state index is 12.5. The summed E-state index contributed by atoms with van der Waals surface area (Å²) in [5.74, 6) is -0.651. The molecule has 3 amide bonds. The van der Waals surface area contributed by atoms with E-state index in [0.29, 0.717) is 11.3 Å². The predicted molar refractivity (Wildman–Crippen MR) is 102 cm³/mol. The Balaban J connectivity index is 2.01. The highest BCUT2D eigenvalue weighted by atomic mass is 16.2. The van der Waals surface area contributed by atoms with Gasteiger partial charge in [0.25, 0.3) is 5.91 Å². The minimum Gasteiger partial charge on any atom is -0.356 e. The first-order valence-electron chi connectivity index (χ1n) is 8.38. The van der Waals surface area contributed by atoms with Crippen LogP contribution in [-0.4, -0.2) is 24.3 Å². The minimum absolute atomic E-state index is 0.165. The fourth-order valence-electron chi connectivity index (χ4n) is 2.39. The molecule has 0 spiro atoms. The molecule has 0 radical (unpaired) electrons. The molecule has 0 fully saturated rings. The Hall–Kier alpha value is -3.15. The molecule has 136 valence electrons. The first-order chi connectivity index (χ1) is 12.4. The number of nitrogens with one attached hydrogen (secondary N) is 3. The number of amides is 3. The Kier molecular flexibility index (Phi) is 6.49. The molecule has 26 heavy (non-hydrogen) atoms. The zero-order valence-electron chi connectivity index (χ0n) is 15.2. The summed E-state index contributed by atoms with van der Waals surface area (Å²) in [5.41, 5.74) is 3.86. The first-order valence-corrected chi connectivity index (χ1v) is 8.38. The van der Waals surface area contributed by atoms with Crippen molar-refractivity contribution < 1.29 is 14.4 Å². The molecule has 0 bridgehead atoms. The van der Waals surface area contributed by atoms with Gasteiger partial charge in [-0.05, 0) is 49.2 Å². The predicted octanol–water partition coefficient (Wildman–Crippen LogP) is 3.02. The second kappa shape index (κ2) is 8.80. The van der Waals surface area contributed by atoms with E-state index in [0.717, 1.165) is 16.8 Å². The summed E-state index contributed by atoms with van der Waals surface area (Å²) in [6.07, 6.45) is 0.165. The summed E-state index contributed by atoms with van der Waals surface area (Å²) in [6, 6.07) is 12.5. The fourth-order valence-corrected chi connectivity index (χ4v) is 2.39. The van der Waals surface area contributed by atoms with Crippen LogP contribution in [0.2, 0.25) is 0 Å². The molecular weight excluding hydrogens is 330 g/mol. The van der Waals surface area contributed by atoms with Crippen LogP contribution in [0, 0.1) is 13.8 Å². The molecular formula is C20H23N3O3. The lowest BCUT2D eigenvalue weighted by Crippen LogP contribution is -2.25. The van der Waals surface area contributed by atoms with Gasteiger partial charge in [0.05, 0.1) is 0 Å². The lowest BCUT2D eigenvalue weighted by atomic mass is 10.1. The van der Waals surface area contributed by atoms with E-state index < -0.39 is 0 Å². The van der Waals surface area contributed by atoms with Crippen molar-refractivity contribution in [1.29, 1.82) is 0 Å². The molecule has 6 nitrogen and oxygen atoms in total. The molecule has 2 aromatic rings. The zero-order chi connectivity index (χ0) is 19.1. The van der Waals surface area contributed by atoms with Gasteiger partial charge in [-0.15, -0.1) is 0 Å². The molecule has 6 heteroatoms. The number of carbonyl (C=O) groups excluding carboxylic acids is 3. The molecule has 2 rings (SSSR count). The average Bonchev–Trinajstić information content (AvgIpc) is 2.59. The largest absolute Gasteiger partial charge is 0.356 e. The topological polar surface area (TPSA) is 87.3 Å². The van der Waals surface area contributed by atoms with Crippen molar-refractivity contribution >= 4 is 29.1 Å². The summed E-state index contributed by atoms with van der Waals surface area (Å²) in [5, 5.41) is 8.19. The highest BCUT2D eigenvalue weighted by Gasteiger charge is 2.10. The molecule has 0 aromatic heterocycles. The molecule has 2 aromatic carbocycles. The van der Waals surface area contributed by atoms with Crippen LogP contribution in [0.4, 0.5) is 11.4 Å². The molecule has 0 aliphatic carbocycles. The van der Waals surface area contributed by atoms with Crippen LogP contribution in [0.1, 0.15) is 34.8 Å². The molecule has 0 atom stereocenters. The van der Waals surface area contributed by atoms with E-state index in [4.69, 9.17) is 0 Å². The van der Waals surface area contributed by atoms with Crippen molar-refractivity contribution in [2.24, 2.45) is 0 Å². The van der Waals surface area contributed by atoms with E-state index >= 15 is 0 Å². The van der Waals surface area contributed by atoms with E-state index in [9.17, 15) is 14.4 Å². The smallest absolute Gasteiger partial charge is 0.255 e. The van der Waals surface area contributed by atoms with Crippen molar-refractivity contribution in [3.8, 4) is 0 Å². The second-order valence-electron chi connectivity index (χ2n) is 6.06. The number of anilines is 2. The summed E-state index contributed by atoms with van der Waals surface area (Å²) >= 11 is 0. The third kappa shape index (κ3) is 5.44. The van der Waals surface area contributed by atoms with E-state index in [1.807, 2.05) is 32.0 Å². The van der Waals surface area contributed by atoms with E-state index in [1.54, 1.807) is 24.3 Å². The van der Waals surface area contributed by atoms with Gasteiger partial charge in [0.2, 0.25) is 11.8 Å². The average molecular weight is 353 g/mol. The Labute approximate surface area is 153 Å². The fraction of sp³-hybridized carbons (Fsp3) is 0.250. The summed E-state index contributed by atoms with van der Waals surface area (Å²) in [4.78, 5) is 35.2. The normalized spacial score (nSPS) is 10.1. The van der Waals surface area contributed by atoms with Gasteiger partial charge in [-0.1, -0.05) is 18.2 Å². The quantitative estimate of drug-likeness (QED) is 0.746. The number of hydrogen-bond donors (Lipinski definition) is 3. The van der Waals surface area contributed by atoms with Gasteiger partial charge < -0.3 is 16.0 Å². The number of hydrogen-bond acceptors (Lipinski definition) is 3. The van der Waals surface area contributed by atoms with E-state index in [1.165, 1.54) is 6.92 Å². The molecule has 0 aliphatic heterocycles. The molecule has 0 unspecified atom stereocenters. The second-order valence-corrected chi connectivity index (χ2v) is 6.06. The number of benzene rings is 2. The highest BCUT2D eigenvalue weighted by molar-refractivity contribution is 6.05. The Bertz CT molecular complexity index is 831. The molecule has 0 heterocycles. The van der Waals surface area contributed by atoms with Crippen LogP contribution in [-0.2, 0) is 9.59 Å². The van der Waals surface area contributed by atoms with Crippen LogP contribution in [0.5, 0.6) is 0 Å². The van der Waals surface area contributed by atoms with Crippen LogP contribution < -0.4 is 16.0 Å². The number of carbonyl (C=O) groups is 3. The maximum Gasteiger partial charge on any atom is 0.255 e. The van der Waals surface area contributed by atoms with Gasteiger partial charge in [-0.3, -0.25) is 14.4 Å². The summed E-state index contributed by atoms with van der Waals surface area (Å²) in [7, 11) is 0. The van der Waals surface area contributed by atoms with Gasteiger partial charge in [0.15, 0.2) is 0 Å². The van der Waals surface area contributed by atoms with Crippen LogP contribution >= 0.6 is 0 Å². The van der Waals surface area contributed by atoms with Gasteiger partial charge in [-0.25, -0.2) is 0 Å². The molecule has 0 saturated carbocycles. The minimum atomic E-state index is -0.243. The van der Waals surface area contributed by atoms with Crippen molar-refractivity contribution in [3.63, 3.8) is 0 Å². The third-order valence-electron chi connectivity index (χ3n) is 3.99. The Morgan fingerprint density at radius 3 is 2.42 bits per heavy atom. The standard InChI is InChI=1S/C20H23N3O3/c1-13-6-4-9-18(14(13)2)23-20(26)16-7-5-8-17(12-16)22-19(25)10-11-21-15(3)24/h4-9,12H,10-11H2,1-3H3,(H,21,24)(H,22,25)(H,23,26). The number of rotatable bonds is 6. The van der Waals surface area contributed by atoms with E-state index in [-0.39, 0.29) is 30.7 Å². The molecule has 0 saturated heterocycles. The lowest BCUT2D eigenvalue weighted by molar-refractivity contribution is -0.119. The van der Waals surface area contributed by atoms with Gasteiger partial charge >= 0.3 is 0 Å². The summed E-state index contributed by atoms with van der Waals surface area (Å²) in [6.45, 7) is 5.61. The van der Waals surface area contributed by atoms with Crippen LogP contribution in [0.3, 0.4) is 0 Å². The van der Waals surface area contributed by atoms with Gasteiger partial charge in [-0.2, -0.15) is 0 Å². The Morgan fingerprint density at radius 2 is 1.69 bits per heavy atom. The monoisotopic (exact) mass is 353 g/mol. The zero-order valence-corrected chi connectivity index (χ0v) is 15.2. The van der Waals surface area contributed by atoms with Crippen molar-refractivity contribution in [3.05, 3.63) is 59.2 Å². The van der Waals surface area contributed by atoms with Crippen LogP contribution in [0.15, 0.2) is 42.5 Å².